The van der Waals surface area contributed by atoms with Crippen molar-refractivity contribution >= 4 is 41.1 Å². The maximum atomic E-state index is 13.7. The van der Waals surface area contributed by atoms with Crippen molar-refractivity contribution in [1.29, 1.82) is 0 Å². The number of benzene rings is 2. The molecular weight excluding hydrogens is 375 g/mol. The Balaban J connectivity index is 2.01. The number of rotatable bonds is 6. The zero-order valence-corrected chi connectivity index (χ0v) is 15.0. The van der Waals surface area contributed by atoms with E-state index >= 15 is 0 Å². The minimum absolute atomic E-state index is 0.0950. The standard InChI is InChI=1S/C19H16ClFN2O4/c1-12(24)22-17(9-13-5-3-2-4-6-13)19(26)27-11-18(25)23-16-8-7-14(20)10-15(16)21/h2-10H,11H2,1H3,(H,22,24)(H,23,25)/b17-9+. The number of hydrogen-bond donors (Lipinski definition) is 2. The van der Waals surface area contributed by atoms with Crippen LogP contribution in [-0.4, -0.2) is 24.4 Å². The molecule has 0 saturated carbocycles. The highest BCUT2D eigenvalue weighted by Crippen LogP contribution is 2.18. The minimum atomic E-state index is -0.902. The molecule has 0 atom stereocenters. The third kappa shape index (κ3) is 6.56. The number of anilines is 1. The maximum Gasteiger partial charge on any atom is 0.355 e. The van der Waals surface area contributed by atoms with Crippen LogP contribution < -0.4 is 10.6 Å². The number of halogens is 2. The molecule has 2 amide bonds. The first kappa shape index (κ1) is 20.1. The van der Waals surface area contributed by atoms with Gasteiger partial charge in [0.1, 0.15) is 11.5 Å². The number of amides is 2. The molecule has 2 aromatic rings. The molecule has 0 bridgehead atoms. The monoisotopic (exact) mass is 390 g/mol. The zero-order chi connectivity index (χ0) is 19.8. The van der Waals surface area contributed by atoms with E-state index < -0.39 is 30.2 Å². The van der Waals surface area contributed by atoms with E-state index in [1.165, 1.54) is 25.1 Å². The van der Waals surface area contributed by atoms with Crippen molar-refractivity contribution in [3.63, 3.8) is 0 Å². The van der Waals surface area contributed by atoms with Crippen LogP contribution >= 0.6 is 11.6 Å². The molecule has 2 aromatic carbocycles. The van der Waals surface area contributed by atoms with Crippen LogP contribution in [0.3, 0.4) is 0 Å². The van der Waals surface area contributed by atoms with Gasteiger partial charge in [0.25, 0.3) is 5.91 Å². The van der Waals surface area contributed by atoms with Gasteiger partial charge in [-0.25, -0.2) is 9.18 Å². The molecule has 140 valence electrons. The molecule has 2 N–H and O–H groups in total. The third-order valence-corrected chi connectivity index (χ3v) is 3.42. The summed E-state index contributed by atoms with van der Waals surface area (Å²) in [7, 11) is 0. The fraction of sp³-hybridized carbons (Fsp3) is 0.105. The smallest absolute Gasteiger partial charge is 0.355 e. The normalized spacial score (nSPS) is 10.9. The number of hydrogen-bond acceptors (Lipinski definition) is 4. The first-order valence-electron chi connectivity index (χ1n) is 7.81. The van der Waals surface area contributed by atoms with Crippen LogP contribution in [0.25, 0.3) is 6.08 Å². The highest BCUT2D eigenvalue weighted by atomic mass is 35.5. The second-order valence-corrected chi connectivity index (χ2v) is 5.83. The van der Waals surface area contributed by atoms with E-state index in [-0.39, 0.29) is 16.4 Å². The summed E-state index contributed by atoms with van der Waals surface area (Å²) in [5.74, 6) is -2.83. The Kier molecular flexibility index (Phi) is 7.08. The van der Waals surface area contributed by atoms with Gasteiger partial charge in [-0.15, -0.1) is 0 Å². The van der Waals surface area contributed by atoms with Gasteiger partial charge in [0.15, 0.2) is 6.61 Å². The molecule has 0 unspecified atom stereocenters. The second kappa shape index (κ2) is 9.49. The van der Waals surface area contributed by atoms with Crippen LogP contribution in [0.2, 0.25) is 5.02 Å². The van der Waals surface area contributed by atoms with Gasteiger partial charge >= 0.3 is 5.97 Å². The molecule has 0 aliphatic carbocycles. The van der Waals surface area contributed by atoms with Gasteiger partial charge in [-0.2, -0.15) is 0 Å². The van der Waals surface area contributed by atoms with Crippen LogP contribution in [0.1, 0.15) is 12.5 Å². The van der Waals surface area contributed by atoms with Crippen LogP contribution in [0.15, 0.2) is 54.2 Å². The Labute approximate surface area is 160 Å². The van der Waals surface area contributed by atoms with Gasteiger partial charge in [0.05, 0.1) is 5.69 Å². The van der Waals surface area contributed by atoms with Gasteiger partial charge < -0.3 is 15.4 Å². The van der Waals surface area contributed by atoms with Crippen LogP contribution in [0, 0.1) is 5.82 Å². The van der Waals surface area contributed by atoms with Crippen LogP contribution in [-0.2, 0) is 19.1 Å². The van der Waals surface area contributed by atoms with E-state index in [2.05, 4.69) is 10.6 Å². The lowest BCUT2D eigenvalue weighted by Gasteiger charge is -2.10. The van der Waals surface area contributed by atoms with E-state index in [1.807, 2.05) is 0 Å². The lowest BCUT2D eigenvalue weighted by atomic mass is 10.2. The van der Waals surface area contributed by atoms with Gasteiger partial charge in [0.2, 0.25) is 5.91 Å². The van der Waals surface area contributed by atoms with Crippen molar-refractivity contribution in [3.05, 3.63) is 70.6 Å². The van der Waals surface area contributed by atoms with Crippen molar-refractivity contribution in [1.82, 2.24) is 5.32 Å². The van der Waals surface area contributed by atoms with E-state index in [1.54, 1.807) is 30.3 Å². The van der Waals surface area contributed by atoms with E-state index in [0.29, 0.717) is 5.56 Å². The number of carbonyl (C=O) groups excluding carboxylic acids is 3. The fourth-order valence-corrected chi connectivity index (χ4v) is 2.20. The SMILES string of the molecule is CC(=O)N/C(=C/c1ccccc1)C(=O)OCC(=O)Nc1ccc(Cl)cc1F. The van der Waals surface area contributed by atoms with Crippen LogP contribution in [0.4, 0.5) is 10.1 Å². The molecule has 2 rings (SSSR count). The summed E-state index contributed by atoms with van der Waals surface area (Å²) in [5, 5.41) is 4.81. The molecule has 0 heterocycles. The van der Waals surface area contributed by atoms with E-state index in [0.717, 1.165) is 6.07 Å². The van der Waals surface area contributed by atoms with Crippen molar-refractivity contribution < 1.29 is 23.5 Å². The molecule has 0 fully saturated rings. The van der Waals surface area contributed by atoms with E-state index in [9.17, 15) is 18.8 Å². The van der Waals surface area contributed by atoms with E-state index in [4.69, 9.17) is 16.3 Å². The lowest BCUT2D eigenvalue weighted by molar-refractivity contribution is -0.144. The second-order valence-electron chi connectivity index (χ2n) is 5.40. The predicted molar refractivity (Wildman–Crippen MR) is 99.2 cm³/mol. The number of ether oxygens (including phenoxy) is 1. The molecule has 0 aromatic heterocycles. The minimum Gasteiger partial charge on any atom is -0.451 e. The van der Waals surface area contributed by atoms with Gasteiger partial charge in [-0.1, -0.05) is 41.9 Å². The Hall–Kier alpha value is -3.19. The summed E-state index contributed by atoms with van der Waals surface area (Å²) in [6.45, 7) is 0.578. The van der Waals surface area contributed by atoms with Gasteiger partial charge in [-0.05, 0) is 29.8 Å². The number of esters is 1. The Morgan fingerprint density at radius 3 is 2.48 bits per heavy atom. The van der Waals surface area contributed by atoms with Crippen molar-refractivity contribution in [2.24, 2.45) is 0 Å². The molecule has 0 spiro atoms. The maximum absolute atomic E-state index is 13.7. The Morgan fingerprint density at radius 2 is 1.85 bits per heavy atom. The van der Waals surface area contributed by atoms with Crippen molar-refractivity contribution in [2.45, 2.75) is 6.92 Å². The van der Waals surface area contributed by atoms with Crippen molar-refractivity contribution in [2.75, 3.05) is 11.9 Å². The molecule has 0 aliphatic rings. The predicted octanol–water partition coefficient (Wildman–Crippen LogP) is 3.14. The largest absolute Gasteiger partial charge is 0.451 e. The summed E-state index contributed by atoms with van der Waals surface area (Å²) < 4.78 is 18.6. The molecule has 0 radical (unpaired) electrons. The first-order chi connectivity index (χ1) is 12.8. The highest BCUT2D eigenvalue weighted by Gasteiger charge is 2.15. The summed E-state index contributed by atoms with van der Waals surface area (Å²) in [5.41, 5.74) is 0.437. The summed E-state index contributed by atoms with van der Waals surface area (Å²) in [4.78, 5) is 35.3. The molecule has 6 nitrogen and oxygen atoms in total. The Bertz CT molecular complexity index is 885. The zero-order valence-electron chi connectivity index (χ0n) is 14.3. The fourth-order valence-electron chi connectivity index (χ4n) is 2.04. The third-order valence-electron chi connectivity index (χ3n) is 3.18. The highest BCUT2D eigenvalue weighted by molar-refractivity contribution is 6.30. The summed E-state index contributed by atoms with van der Waals surface area (Å²) in [6, 6.07) is 12.5. The summed E-state index contributed by atoms with van der Waals surface area (Å²) >= 11 is 5.64. The molecular formula is C19H16ClFN2O4. The molecule has 27 heavy (non-hydrogen) atoms. The average molecular weight is 391 g/mol. The Morgan fingerprint density at radius 1 is 1.15 bits per heavy atom. The average Bonchev–Trinajstić information content (AvgIpc) is 2.62. The molecule has 0 saturated heterocycles. The summed E-state index contributed by atoms with van der Waals surface area (Å²) in [6.07, 6.45) is 1.42. The molecule has 0 aliphatic heterocycles. The quantitative estimate of drug-likeness (QED) is 0.586. The number of nitrogens with one attached hydrogen (secondary N) is 2. The first-order valence-corrected chi connectivity index (χ1v) is 8.19. The van der Waals surface area contributed by atoms with Gasteiger partial charge in [0, 0.05) is 11.9 Å². The van der Waals surface area contributed by atoms with Crippen LogP contribution in [0.5, 0.6) is 0 Å². The number of carbonyl (C=O) groups is 3. The van der Waals surface area contributed by atoms with Gasteiger partial charge in [-0.3, -0.25) is 9.59 Å². The topological polar surface area (TPSA) is 84.5 Å². The molecule has 8 heteroatoms. The van der Waals surface area contributed by atoms with Crippen molar-refractivity contribution in [3.8, 4) is 0 Å². The lowest BCUT2D eigenvalue weighted by Crippen LogP contribution is -2.29.